The van der Waals surface area contributed by atoms with Crippen LogP contribution in [0.5, 0.6) is 11.5 Å². The molecule has 18 heavy (non-hydrogen) atoms. The zero-order valence-electron chi connectivity index (χ0n) is 10.6. The van der Waals surface area contributed by atoms with Gasteiger partial charge in [-0.05, 0) is 31.5 Å². The molecule has 6 heteroatoms. The molecule has 3 N–H and O–H groups in total. The van der Waals surface area contributed by atoms with E-state index in [9.17, 15) is 18.6 Å². The molecule has 0 spiro atoms. The minimum absolute atomic E-state index is 0.131. The van der Waals surface area contributed by atoms with E-state index in [0.29, 0.717) is 12.0 Å². The second-order valence-electron chi connectivity index (χ2n) is 4.12. The number of hydrogen-bond donors (Lipinski definition) is 3. The van der Waals surface area contributed by atoms with Crippen LogP contribution in [-0.2, 0) is 16.4 Å². The van der Waals surface area contributed by atoms with Crippen molar-refractivity contribution >= 4 is 10.0 Å². The maximum Gasteiger partial charge on any atom is 0.244 e. The molecule has 1 aromatic carbocycles. The summed E-state index contributed by atoms with van der Waals surface area (Å²) in [7, 11) is -2.44. The third-order valence-electron chi connectivity index (χ3n) is 2.72. The molecule has 1 aromatic rings. The zero-order valence-corrected chi connectivity index (χ0v) is 11.4. The summed E-state index contributed by atoms with van der Waals surface area (Å²) in [4.78, 5) is -0.140. The maximum absolute atomic E-state index is 11.8. The Labute approximate surface area is 108 Å². The van der Waals surface area contributed by atoms with E-state index in [1.807, 2.05) is 6.92 Å². The quantitative estimate of drug-likeness (QED) is 0.689. The van der Waals surface area contributed by atoms with Gasteiger partial charge in [0.25, 0.3) is 0 Å². The molecule has 102 valence electrons. The molecule has 0 unspecified atom stereocenters. The van der Waals surface area contributed by atoms with Gasteiger partial charge in [0, 0.05) is 6.07 Å². The van der Waals surface area contributed by atoms with Crippen molar-refractivity contribution in [3.8, 4) is 11.5 Å². The Morgan fingerprint density at radius 2 is 1.89 bits per heavy atom. The number of phenolic OH excluding ortho intramolecular Hbond substituents is 2. The first kappa shape index (κ1) is 14.8. The lowest BCUT2D eigenvalue weighted by atomic mass is 10.1. The second-order valence-corrected chi connectivity index (χ2v) is 5.94. The van der Waals surface area contributed by atoms with Crippen LogP contribution in [-0.4, -0.2) is 25.7 Å². The topological polar surface area (TPSA) is 86.6 Å². The van der Waals surface area contributed by atoms with E-state index >= 15 is 0 Å². The molecule has 0 atom stereocenters. The molecule has 0 aliphatic heterocycles. The fraction of sp³-hybridized carbons (Fsp3) is 0.500. The van der Waals surface area contributed by atoms with Crippen LogP contribution < -0.4 is 4.72 Å². The van der Waals surface area contributed by atoms with E-state index < -0.39 is 15.8 Å². The lowest BCUT2D eigenvalue weighted by Gasteiger charge is -2.12. The van der Waals surface area contributed by atoms with Gasteiger partial charge in [-0.1, -0.05) is 19.8 Å². The summed E-state index contributed by atoms with van der Waals surface area (Å²) < 4.78 is 25.8. The predicted molar refractivity (Wildman–Crippen MR) is 69.2 cm³/mol. The van der Waals surface area contributed by atoms with Gasteiger partial charge in [-0.2, -0.15) is 0 Å². The van der Waals surface area contributed by atoms with Gasteiger partial charge in [-0.15, -0.1) is 0 Å². The van der Waals surface area contributed by atoms with Crippen molar-refractivity contribution in [3.05, 3.63) is 17.7 Å². The van der Waals surface area contributed by atoms with Crippen molar-refractivity contribution in [2.75, 3.05) is 7.05 Å². The third kappa shape index (κ3) is 3.36. The van der Waals surface area contributed by atoms with Crippen molar-refractivity contribution in [2.45, 2.75) is 37.5 Å². The van der Waals surface area contributed by atoms with Gasteiger partial charge in [0.2, 0.25) is 10.0 Å². The smallest absolute Gasteiger partial charge is 0.244 e. The summed E-state index contributed by atoms with van der Waals surface area (Å²) in [6, 6.07) is 2.42. The molecule has 5 nitrogen and oxygen atoms in total. The Balaban J connectivity index is 3.22. The van der Waals surface area contributed by atoms with E-state index in [1.165, 1.54) is 13.1 Å². The lowest BCUT2D eigenvalue weighted by Crippen LogP contribution is -2.20. The molecule has 0 amide bonds. The van der Waals surface area contributed by atoms with Crippen LogP contribution in [0, 0.1) is 0 Å². The standard InChI is InChI=1S/C12H19NO4S/c1-3-4-5-6-9-7-10(14)8-11(15)12(9)18(16,17)13-2/h7-8,13-15H,3-6H2,1-2H3. The van der Waals surface area contributed by atoms with Crippen molar-refractivity contribution in [3.63, 3.8) is 0 Å². The van der Waals surface area contributed by atoms with E-state index in [-0.39, 0.29) is 10.6 Å². The lowest BCUT2D eigenvalue weighted by molar-refractivity contribution is 0.436. The molecule has 0 bridgehead atoms. The first-order valence-corrected chi connectivity index (χ1v) is 7.39. The average molecular weight is 273 g/mol. The molecule has 0 saturated carbocycles. The molecule has 0 aliphatic rings. The number of rotatable bonds is 6. The van der Waals surface area contributed by atoms with Gasteiger partial charge in [-0.3, -0.25) is 0 Å². The Morgan fingerprint density at radius 3 is 2.44 bits per heavy atom. The van der Waals surface area contributed by atoms with E-state index in [2.05, 4.69) is 4.72 Å². The van der Waals surface area contributed by atoms with Crippen LogP contribution in [0.3, 0.4) is 0 Å². The highest BCUT2D eigenvalue weighted by Crippen LogP contribution is 2.32. The predicted octanol–water partition coefficient (Wildman–Crippen LogP) is 1.74. The number of unbranched alkanes of at least 4 members (excludes halogenated alkanes) is 2. The molecule has 0 aromatic heterocycles. The fourth-order valence-corrected chi connectivity index (χ4v) is 2.86. The van der Waals surface area contributed by atoms with Crippen LogP contribution in [0.25, 0.3) is 0 Å². The van der Waals surface area contributed by atoms with Gasteiger partial charge >= 0.3 is 0 Å². The van der Waals surface area contributed by atoms with Gasteiger partial charge in [0.05, 0.1) is 0 Å². The van der Waals surface area contributed by atoms with Gasteiger partial charge in [-0.25, -0.2) is 13.1 Å². The minimum atomic E-state index is -3.72. The molecule has 0 saturated heterocycles. The summed E-state index contributed by atoms with van der Waals surface area (Å²) in [5.41, 5.74) is 0.440. The number of hydrogen-bond acceptors (Lipinski definition) is 4. The Bertz CT molecular complexity index is 511. The summed E-state index contributed by atoms with van der Waals surface area (Å²) in [5.74, 6) is -0.551. The number of benzene rings is 1. The highest BCUT2D eigenvalue weighted by molar-refractivity contribution is 7.89. The fourth-order valence-electron chi connectivity index (χ4n) is 1.82. The van der Waals surface area contributed by atoms with Crippen LogP contribution >= 0.6 is 0 Å². The largest absolute Gasteiger partial charge is 0.508 e. The Morgan fingerprint density at radius 1 is 1.22 bits per heavy atom. The molecule has 0 fully saturated rings. The monoisotopic (exact) mass is 273 g/mol. The highest BCUT2D eigenvalue weighted by Gasteiger charge is 2.22. The second kappa shape index (κ2) is 6.06. The van der Waals surface area contributed by atoms with Crippen LogP contribution in [0.15, 0.2) is 17.0 Å². The normalized spacial score (nSPS) is 11.7. The van der Waals surface area contributed by atoms with Gasteiger partial charge in [0.15, 0.2) is 0 Å². The Kier molecular flexibility index (Phi) is 4.98. The first-order chi connectivity index (χ1) is 8.42. The zero-order chi connectivity index (χ0) is 13.8. The number of sulfonamides is 1. The molecule has 1 rings (SSSR count). The summed E-state index contributed by atoms with van der Waals surface area (Å²) >= 11 is 0. The average Bonchev–Trinajstić information content (AvgIpc) is 2.28. The van der Waals surface area contributed by atoms with Gasteiger partial charge < -0.3 is 10.2 Å². The van der Waals surface area contributed by atoms with Crippen molar-refractivity contribution < 1.29 is 18.6 Å². The van der Waals surface area contributed by atoms with Crippen LogP contribution in [0.4, 0.5) is 0 Å². The molecule has 0 heterocycles. The highest BCUT2D eigenvalue weighted by atomic mass is 32.2. The number of aryl methyl sites for hydroxylation is 1. The van der Waals surface area contributed by atoms with Gasteiger partial charge in [0.1, 0.15) is 16.4 Å². The first-order valence-electron chi connectivity index (χ1n) is 5.90. The number of phenols is 2. The molecular formula is C12H19NO4S. The summed E-state index contributed by atoms with van der Waals surface area (Å²) in [6.45, 7) is 2.05. The summed E-state index contributed by atoms with van der Waals surface area (Å²) in [6.07, 6.45) is 3.30. The van der Waals surface area contributed by atoms with E-state index in [4.69, 9.17) is 0 Å². The van der Waals surface area contributed by atoms with Crippen molar-refractivity contribution in [2.24, 2.45) is 0 Å². The molecule has 0 radical (unpaired) electrons. The number of aromatic hydroxyl groups is 2. The SMILES string of the molecule is CCCCCc1cc(O)cc(O)c1S(=O)(=O)NC. The van der Waals surface area contributed by atoms with E-state index in [1.54, 1.807) is 0 Å². The summed E-state index contributed by atoms with van der Waals surface area (Å²) in [5, 5.41) is 19.2. The van der Waals surface area contributed by atoms with Crippen LogP contribution in [0.2, 0.25) is 0 Å². The Hall–Kier alpha value is -1.27. The molecular weight excluding hydrogens is 254 g/mol. The van der Waals surface area contributed by atoms with Crippen molar-refractivity contribution in [1.29, 1.82) is 0 Å². The van der Waals surface area contributed by atoms with E-state index in [0.717, 1.165) is 25.3 Å². The minimum Gasteiger partial charge on any atom is -0.508 e. The maximum atomic E-state index is 11.8. The number of nitrogens with one attached hydrogen (secondary N) is 1. The van der Waals surface area contributed by atoms with Crippen molar-refractivity contribution in [1.82, 2.24) is 4.72 Å². The third-order valence-corrected chi connectivity index (χ3v) is 4.26. The van der Waals surface area contributed by atoms with Crippen LogP contribution in [0.1, 0.15) is 31.7 Å². The molecule has 0 aliphatic carbocycles.